The van der Waals surface area contributed by atoms with Gasteiger partial charge in [-0.05, 0) is 37.1 Å². The molecule has 1 aromatic carbocycles. The van der Waals surface area contributed by atoms with E-state index in [4.69, 9.17) is 10.2 Å². The highest BCUT2D eigenvalue weighted by molar-refractivity contribution is 5.96. The molecular weight excluding hydrogens is 270 g/mol. The number of benzene rings is 1. The van der Waals surface area contributed by atoms with Gasteiger partial charge in [0.25, 0.3) is 5.91 Å². The van der Waals surface area contributed by atoms with Crippen LogP contribution in [-0.4, -0.2) is 24.4 Å². The maximum atomic E-state index is 11.9. The van der Waals surface area contributed by atoms with Gasteiger partial charge in [0, 0.05) is 30.1 Å². The first-order chi connectivity index (χ1) is 10.1. The van der Waals surface area contributed by atoms with Crippen molar-refractivity contribution in [1.82, 2.24) is 10.6 Å². The molecule has 1 aliphatic rings. The highest BCUT2D eigenvalue weighted by atomic mass is 16.3. The lowest BCUT2D eigenvalue weighted by Gasteiger charge is -2.04. The Morgan fingerprint density at radius 1 is 1.29 bits per heavy atom. The molecule has 0 spiro atoms. The minimum absolute atomic E-state index is 0.0322. The molecule has 0 aliphatic heterocycles. The number of nitrogens with one attached hydrogen (secondary N) is 2. The highest BCUT2D eigenvalue weighted by Gasteiger charge is 2.23. The first kappa shape index (κ1) is 13.5. The Hall–Kier alpha value is -2.50. The molecule has 21 heavy (non-hydrogen) atoms. The molecule has 4 N–H and O–H groups in total. The zero-order valence-corrected chi connectivity index (χ0v) is 11.5. The van der Waals surface area contributed by atoms with Gasteiger partial charge in [0.15, 0.2) is 5.76 Å². The number of amides is 2. The van der Waals surface area contributed by atoms with Crippen LogP contribution >= 0.6 is 0 Å². The maximum absolute atomic E-state index is 11.9. The summed E-state index contributed by atoms with van der Waals surface area (Å²) >= 11 is 0. The predicted octanol–water partition coefficient (Wildman–Crippen LogP) is 1.41. The molecule has 3 rings (SSSR count). The van der Waals surface area contributed by atoms with E-state index in [0.717, 1.165) is 18.2 Å². The van der Waals surface area contributed by atoms with Gasteiger partial charge in [-0.1, -0.05) is 0 Å². The molecule has 1 heterocycles. The molecule has 0 bridgehead atoms. The van der Waals surface area contributed by atoms with Gasteiger partial charge in [-0.15, -0.1) is 0 Å². The van der Waals surface area contributed by atoms with Crippen LogP contribution < -0.4 is 16.4 Å². The van der Waals surface area contributed by atoms with Crippen LogP contribution in [0.15, 0.2) is 28.7 Å². The van der Waals surface area contributed by atoms with Gasteiger partial charge in [-0.3, -0.25) is 9.59 Å². The van der Waals surface area contributed by atoms with Crippen molar-refractivity contribution in [2.45, 2.75) is 25.3 Å². The van der Waals surface area contributed by atoms with Gasteiger partial charge in [0.1, 0.15) is 5.58 Å². The SMILES string of the molecule is Nc1ccc2oc(C(=O)NCCC(=O)NC3CC3)cc2c1. The van der Waals surface area contributed by atoms with Crippen LogP contribution in [-0.2, 0) is 4.79 Å². The normalized spacial score (nSPS) is 14.1. The van der Waals surface area contributed by atoms with Crippen LogP contribution in [0.2, 0.25) is 0 Å². The zero-order valence-electron chi connectivity index (χ0n) is 11.5. The number of anilines is 1. The van der Waals surface area contributed by atoms with Crippen LogP contribution in [0, 0.1) is 0 Å². The van der Waals surface area contributed by atoms with Gasteiger partial charge < -0.3 is 20.8 Å². The van der Waals surface area contributed by atoms with Gasteiger partial charge in [-0.25, -0.2) is 0 Å². The van der Waals surface area contributed by atoms with Crippen molar-refractivity contribution in [3.8, 4) is 0 Å². The van der Waals surface area contributed by atoms with E-state index in [2.05, 4.69) is 10.6 Å². The van der Waals surface area contributed by atoms with Crippen LogP contribution in [0.5, 0.6) is 0 Å². The van der Waals surface area contributed by atoms with Crippen molar-refractivity contribution in [1.29, 1.82) is 0 Å². The Bertz CT molecular complexity index is 689. The summed E-state index contributed by atoms with van der Waals surface area (Å²) in [5, 5.41) is 6.33. The molecule has 110 valence electrons. The molecule has 0 unspecified atom stereocenters. The molecule has 0 saturated heterocycles. The number of fused-ring (bicyclic) bond motifs is 1. The predicted molar refractivity (Wildman–Crippen MR) is 78.7 cm³/mol. The molecule has 2 aromatic rings. The van der Waals surface area contributed by atoms with Crippen LogP contribution in [0.3, 0.4) is 0 Å². The van der Waals surface area contributed by atoms with E-state index in [1.54, 1.807) is 24.3 Å². The van der Waals surface area contributed by atoms with E-state index >= 15 is 0 Å². The summed E-state index contributed by atoms with van der Waals surface area (Å²) in [4.78, 5) is 23.4. The van der Waals surface area contributed by atoms with Gasteiger partial charge in [0.05, 0.1) is 0 Å². The van der Waals surface area contributed by atoms with Crippen LogP contribution in [0.1, 0.15) is 29.8 Å². The Balaban J connectivity index is 1.54. The van der Waals surface area contributed by atoms with E-state index in [1.807, 2.05) is 0 Å². The first-order valence-corrected chi connectivity index (χ1v) is 6.98. The summed E-state index contributed by atoms with van der Waals surface area (Å²) in [6.45, 7) is 0.288. The van der Waals surface area contributed by atoms with Crippen LogP contribution in [0.25, 0.3) is 11.0 Å². The number of furan rings is 1. The third-order valence-electron chi connectivity index (χ3n) is 3.34. The lowest BCUT2D eigenvalue weighted by molar-refractivity contribution is -0.121. The molecule has 1 fully saturated rings. The zero-order chi connectivity index (χ0) is 14.8. The Kier molecular flexibility index (Phi) is 3.51. The number of hydrogen-bond donors (Lipinski definition) is 3. The number of rotatable bonds is 5. The molecular formula is C15H17N3O3. The maximum Gasteiger partial charge on any atom is 0.287 e. The molecule has 6 heteroatoms. The summed E-state index contributed by atoms with van der Waals surface area (Å²) in [5.74, 6) is -0.141. The van der Waals surface area contributed by atoms with Crippen molar-refractivity contribution in [3.63, 3.8) is 0 Å². The van der Waals surface area contributed by atoms with Crippen molar-refractivity contribution < 1.29 is 14.0 Å². The van der Waals surface area contributed by atoms with Crippen LogP contribution in [0.4, 0.5) is 5.69 Å². The second-order valence-electron chi connectivity index (χ2n) is 5.26. The molecule has 0 radical (unpaired) electrons. The van der Waals surface area contributed by atoms with Gasteiger partial charge >= 0.3 is 0 Å². The summed E-state index contributed by atoms with van der Waals surface area (Å²) in [5.41, 5.74) is 6.91. The van der Waals surface area contributed by atoms with Gasteiger partial charge in [0.2, 0.25) is 5.91 Å². The van der Waals surface area contributed by atoms with Crippen molar-refractivity contribution in [2.24, 2.45) is 0 Å². The average Bonchev–Trinajstić information content (AvgIpc) is 3.15. The van der Waals surface area contributed by atoms with E-state index in [9.17, 15) is 9.59 Å². The van der Waals surface area contributed by atoms with Gasteiger partial charge in [-0.2, -0.15) is 0 Å². The quantitative estimate of drug-likeness (QED) is 0.724. The standard InChI is InChI=1S/C15H17N3O3/c16-10-1-4-12-9(7-10)8-13(21-12)15(20)17-6-5-14(19)18-11-2-3-11/h1,4,7-8,11H,2-3,5-6,16H2,(H,17,20)(H,18,19). The minimum Gasteiger partial charge on any atom is -0.451 e. The number of nitrogens with two attached hydrogens (primary N) is 1. The Morgan fingerprint density at radius 2 is 2.10 bits per heavy atom. The van der Waals surface area contributed by atoms with Crippen molar-refractivity contribution in [2.75, 3.05) is 12.3 Å². The summed E-state index contributed by atoms with van der Waals surface area (Å²) in [6.07, 6.45) is 2.38. The average molecular weight is 287 g/mol. The van der Waals surface area contributed by atoms with Crippen molar-refractivity contribution >= 4 is 28.5 Å². The second-order valence-corrected chi connectivity index (χ2v) is 5.26. The largest absolute Gasteiger partial charge is 0.451 e. The smallest absolute Gasteiger partial charge is 0.287 e. The Labute approximate surface area is 121 Å². The topological polar surface area (TPSA) is 97.4 Å². The molecule has 1 saturated carbocycles. The lowest BCUT2D eigenvalue weighted by atomic mass is 10.2. The van der Waals surface area contributed by atoms with Crippen molar-refractivity contribution in [3.05, 3.63) is 30.0 Å². The number of carbonyl (C=O) groups is 2. The molecule has 0 atom stereocenters. The van der Waals surface area contributed by atoms with E-state index in [1.165, 1.54) is 0 Å². The molecule has 1 aromatic heterocycles. The second kappa shape index (κ2) is 5.47. The first-order valence-electron chi connectivity index (χ1n) is 6.98. The fourth-order valence-corrected chi connectivity index (χ4v) is 2.08. The molecule has 2 amide bonds. The molecule has 1 aliphatic carbocycles. The third-order valence-corrected chi connectivity index (χ3v) is 3.34. The van der Waals surface area contributed by atoms with E-state index in [0.29, 0.717) is 17.3 Å². The fourth-order valence-electron chi connectivity index (χ4n) is 2.08. The highest BCUT2D eigenvalue weighted by Crippen LogP contribution is 2.21. The summed E-state index contributed by atoms with van der Waals surface area (Å²) in [7, 11) is 0. The number of carbonyl (C=O) groups excluding carboxylic acids is 2. The molecule has 6 nitrogen and oxygen atoms in total. The number of hydrogen-bond acceptors (Lipinski definition) is 4. The summed E-state index contributed by atoms with van der Waals surface area (Å²) in [6, 6.07) is 7.18. The lowest BCUT2D eigenvalue weighted by Crippen LogP contribution is -2.31. The Morgan fingerprint density at radius 3 is 2.86 bits per heavy atom. The fraction of sp³-hybridized carbons (Fsp3) is 0.333. The van der Waals surface area contributed by atoms with E-state index in [-0.39, 0.29) is 30.5 Å². The minimum atomic E-state index is -0.330. The monoisotopic (exact) mass is 287 g/mol. The van der Waals surface area contributed by atoms with E-state index < -0.39 is 0 Å². The number of nitrogen functional groups attached to an aromatic ring is 1. The third kappa shape index (κ3) is 3.34. The summed E-state index contributed by atoms with van der Waals surface area (Å²) < 4.78 is 5.45.